The van der Waals surface area contributed by atoms with E-state index in [-0.39, 0.29) is 12.1 Å². The number of nitrogens with two attached hydrogens (primary N) is 1. The summed E-state index contributed by atoms with van der Waals surface area (Å²) in [6.07, 6.45) is -0.593. The van der Waals surface area contributed by atoms with Gasteiger partial charge in [0.25, 0.3) is 5.91 Å². The number of fused-ring (bicyclic) bond motifs is 1. The van der Waals surface area contributed by atoms with E-state index in [0.717, 1.165) is 9.86 Å². The highest BCUT2D eigenvalue weighted by molar-refractivity contribution is 9.10. The highest BCUT2D eigenvalue weighted by Crippen LogP contribution is 2.30. The van der Waals surface area contributed by atoms with E-state index >= 15 is 0 Å². The molecule has 0 fully saturated rings. The first-order chi connectivity index (χ1) is 10.4. The van der Waals surface area contributed by atoms with Crippen molar-refractivity contribution in [1.82, 2.24) is 4.98 Å². The third-order valence-corrected chi connectivity index (χ3v) is 3.41. The van der Waals surface area contributed by atoms with Crippen LogP contribution in [0.5, 0.6) is 0 Å². The Bertz CT molecular complexity index is 741. The summed E-state index contributed by atoms with van der Waals surface area (Å²) in [5.74, 6) is -1.29. The summed E-state index contributed by atoms with van der Waals surface area (Å²) in [4.78, 5) is 36.1. The Balaban J connectivity index is 2.34. The zero-order valence-corrected chi connectivity index (χ0v) is 13.3. The molecule has 0 aliphatic rings. The molecular weight excluding hydrogens is 354 g/mol. The number of hydrogen-bond donors (Lipinski definition) is 3. The molecule has 1 aromatic carbocycles. The molecule has 1 aromatic heterocycles. The molecule has 0 radical (unpaired) electrons. The summed E-state index contributed by atoms with van der Waals surface area (Å²) in [7, 11) is 0. The van der Waals surface area contributed by atoms with Crippen LogP contribution in [0.1, 0.15) is 23.8 Å². The van der Waals surface area contributed by atoms with Gasteiger partial charge in [0.15, 0.2) is 6.23 Å². The molecule has 8 heteroatoms. The zero-order valence-electron chi connectivity index (χ0n) is 11.7. The highest BCUT2D eigenvalue weighted by Gasteiger charge is 2.19. The lowest BCUT2D eigenvalue weighted by atomic mass is 10.2. The molecule has 1 heterocycles. The average molecular weight is 368 g/mol. The summed E-state index contributed by atoms with van der Waals surface area (Å²) >= 11 is 3.36. The number of aldehydes is 1. The standard InChI is InChI=1S/C14H14BrN3O4/c1-7(22-11(20)4-5-19)17-12-9-6-8(15)2-3-10(9)18-13(12)14(16)21/h2-3,5-7,17-18H,4H2,1H3,(H2,16,21). The summed E-state index contributed by atoms with van der Waals surface area (Å²) in [6.45, 7) is 1.59. The van der Waals surface area contributed by atoms with Crippen LogP contribution in [0.15, 0.2) is 22.7 Å². The first-order valence-corrected chi connectivity index (χ1v) is 7.22. The van der Waals surface area contributed by atoms with E-state index in [1.807, 2.05) is 6.07 Å². The van der Waals surface area contributed by atoms with Crippen LogP contribution in [0.4, 0.5) is 5.69 Å². The molecule has 0 aliphatic carbocycles. The predicted molar refractivity (Wildman–Crippen MR) is 84.4 cm³/mol. The van der Waals surface area contributed by atoms with Crippen molar-refractivity contribution in [3.05, 3.63) is 28.4 Å². The average Bonchev–Trinajstić information content (AvgIpc) is 2.77. The van der Waals surface area contributed by atoms with Gasteiger partial charge in [0.1, 0.15) is 18.4 Å². The summed E-state index contributed by atoms with van der Waals surface area (Å²) in [6, 6.07) is 5.42. The van der Waals surface area contributed by atoms with Crippen LogP contribution in [0.2, 0.25) is 0 Å². The van der Waals surface area contributed by atoms with E-state index in [1.165, 1.54) is 0 Å². The molecule has 0 saturated carbocycles. The number of rotatable bonds is 6. The van der Waals surface area contributed by atoms with Crippen molar-refractivity contribution in [2.24, 2.45) is 5.73 Å². The summed E-state index contributed by atoms with van der Waals surface area (Å²) < 4.78 is 5.84. The minimum Gasteiger partial charge on any atom is -0.442 e. The lowest BCUT2D eigenvalue weighted by Crippen LogP contribution is -2.25. The number of ether oxygens (including phenoxy) is 1. The molecule has 0 aliphatic heterocycles. The van der Waals surface area contributed by atoms with Crippen molar-refractivity contribution in [1.29, 1.82) is 0 Å². The SMILES string of the molecule is CC(Nc1c(C(N)=O)[nH]c2ccc(Br)cc12)OC(=O)CC=O. The number of anilines is 1. The fourth-order valence-electron chi connectivity index (χ4n) is 2.04. The van der Waals surface area contributed by atoms with E-state index < -0.39 is 18.1 Å². The van der Waals surface area contributed by atoms with Gasteiger partial charge < -0.3 is 25.6 Å². The number of nitrogens with one attached hydrogen (secondary N) is 2. The Labute approximate surface area is 134 Å². The number of amides is 1. The Morgan fingerprint density at radius 1 is 1.50 bits per heavy atom. The van der Waals surface area contributed by atoms with Crippen molar-refractivity contribution >= 4 is 50.7 Å². The van der Waals surface area contributed by atoms with Crippen LogP contribution in [0, 0.1) is 0 Å². The molecule has 4 N–H and O–H groups in total. The second-order valence-electron chi connectivity index (χ2n) is 4.58. The second kappa shape index (κ2) is 6.61. The zero-order chi connectivity index (χ0) is 16.3. The van der Waals surface area contributed by atoms with Crippen molar-refractivity contribution < 1.29 is 19.1 Å². The first kappa shape index (κ1) is 16.0. The maximum atomic E-state index is 11.6. The second-order valence-corrected chi connectivity index (χ2v) is 5.49. The molecule has 1 amide bonds. The van der Waals surface area contributed by atoms with E-state index in [2.05, 4.69) is 26.2 Å². The van der Waals surface area contributed by atoms with Gasteiger partial charge in [0.2, 0.25) is 0 Å². The fourth-order valence-corrected chi connectivity index (χ4v) is 2.41. The summed E-state index contributed by atoms with van der Waals surface area (Å²) in [5.41, 5.74) is 6.71. The van der Waals surface area contributed by atoms with Gasteiger partial charge in [-0.05, 0) is 25.1 Å². The number of aromatic nitrogens is 1. The molecule has 0 spiro atoms. The van der Waals surface area contributed by atoms with Crippen LogP contribution in [-0.4, -0.2) is 29.4 Å². The highest BCUT2D eigenvalue weighted by atomic mass is 79.9. The van der Waals surface area contributed by atoms with Gasteiger partial charge in [-0.1, -0.05) is 15.9 Å². The van der Waals surface area contributed by atoms with Gasteiger partial charge in [-0.2, -0.15) is 0 Å². The number of esters is 1. The minimum absolute atomic E-state index is 0.186. The smallest absolute Gasteiger partial charge is 0.314 e. The number of H-pyrrole nitrogens is 1. The lowest BCUT2D eigenvalue weighted by molar-refractivity contribution is -0.147. The first-order valence-electron chi connectivity index (χ1n) is 6.43. The number of primary amides is 1. The normalized spacial score (nSPS) is 11.9. The van der Waals surface area contributed by atoms with Gasteiger partial charge in [0.05, 0.1) is 5.69 Å². The van der Waals surface area contributed by atoms with Crippen molar-refractivity contribution in [3.63, 3.8) is 0 Å². The molecule has 7 nitrogen and oxygen atoms in total. The maximum absolute atomic E-state index is 11.6. The Morgan fingerprint density at radius 3 is 2.86 bits per heavy atom. The summed E-state index contributed by atoms with van der Waals surface area (Å²) in [5, 5.41) is 3.64. The largest absolute Gasteiger partial charge is 0.442 e. The van der Waals surface area contributed by atoms with Gasteiger partial charge in [-0.25, -0.2) is 0 Å². The fraction of sp³-hybridized carbons (Fsp3) is 0.214. The Hall–Kier alpha value is -2.35. The Kier molecular flexibility index (Phi) is 4.81. The van der Waals surface area contributed by atoms with E-state index in [9.17, 15) is 14.4 Å². The number of carbonyl (C=O) groups is 3. The quantitative estimate of drug-likeness (QED) is 0.312. The number of carbonyl (C=O) groups excluding carboxylic acids is 3. The van der Waals surface area contributed by atoms with Crippen LogP contribution >= 0.6 is 15.9 Å². The van der Waals surface area contributed by atoms with Crippen molar-refractivity contribution in [2.45, 2.75) is 19.6 Å². The third-order valence-electron chi connectivity index (χ3n) is 2.91. The van der Waals surface area contributed by atoms with Gasteiger partial charge in [-0.3, -0.25) is 9.59 Å². The minimum atomic E-state index is -0.733. The molecule has 2 rings (SSSR count). The van der Waals surface area contributed by atoms with E-state index in [1.54, 1.807) is 19.1 Å². The van der Waals surface area contributed by atoms with E-state index in [0.29, 0.717) is 17.5 Å². The number of benzene rings is 1. The molecular formula is C14H14BrN3O4. The molecule has 0 bridgehead atoms. The third kappa shape index (κ3) is 3.45. The van der Waals surface area contributed by atoms with Crippen LogP contribution < -0.4 is 11.1 Å². The van der Waals surface area contributed by atoms with Gasteiger partial charge in [-0.15, -0.1) is 0 Å². The predicted octanol–water partition coefficient (Wildman–Crippen LogP) is 1.92. The van der Waals surface area contributed by atoms with Crippen molar-refractivity contribution in [3.8, 4) is 0 Å². The lowest BCUT2D eigenvalue weighted by Gasteiger charge is -2.16. The van der Waals surface area contributed by atoms with Crippen molar-refractivity contribution in [2.75, 3.05) is 5.32 Å². The number of hydrogen-bond acceptors (Lipinski definition) is 5. The monoisotopic (exact) mass is 367 g/mol. The maximum Gasteiger partial charge on any atom is 0.314 e. The molecule has 1 unspecified atom stereocenters. The van der Waals surface area contributed by atoms with Crippen LogP contribution in [0.25, 0.3) is 10.9 Å². The molecule has 2 aromatic rings. The molecule has 116 valence electrons. The van der Waals surface area contributed by atoms with E-state index in [4.69, 9.17) is 10.5 Å². The molecule has 0 saturated heterocycles. The Morgan fingerprint density at radius 2 is 2.23 bits per heavy atom. The van der Waals surface area contributed by atoms with Crippen LogP contribution in [-0.2, 0) is 14.3 Å². The topological polar surface area (TPSA) is 114 Å². The van der Waals surface area contributed by atoms with Crippen LogP contribution in [0.3, 0.4) is 0 Å². The number of aromatic amines is 1. The van der Waals surface area contributed by atoms with Gasteiger partial charge >= 0.3 is 5.97 Å². The molecule has 22 heavy (non-hydrogen) atoms. The van der Waals surface area contributed by atoms with Gasteiger partial charge in [0, 0.05) is 15.4 Å². The molecule has 1 atom stereocenters. The number of halogens is 1.